The van der Waals surface area contributed by atoms with Gasteiger partial charge < -0.3 is 25.2 Å². The van der Waals surface area contributed by atoms with Crippen molar-refractivity contribution in [1.82, 2.24) is 4.90 Å². The number of rotatable bonds is 11. The monoisotopic (exact) mass is 376 g/mol. The lowest BCUT2D eigenvalue weighted by molar-refractivity contribution is -0.144. The number of hydrogen-bond donors (Lipinski definition) is 2. The van der Waals surface area contributed by atoms with Crippen molar-refractivity contribution in [1.29, 1.82) is 0 Å². The van der Waals surface area contributed by atoms with E-state index in [1.165, 1.54) is 11.0 Å². The van der Waals surface area contributed by atoms with Gasteiger partial charge in [0.2, 0.25) is 5.91 Å². The van der Waals surface area contributed by atoms with Gasteiger partial charge in [-0.2, -0.15) is 0 Å². The first-order valence-corrected chi connectivity index (χ1v) is 8.71. The molecule has 1 unspecified atom stereocenters. The molecule has 0 aromatic heterocycles. The Labute approximate surface area is 157 Å². The van der Waals surface area contributed by atoms with E-state index in [0.717, 1.165) is 0 Å². The third-order valence-corrected chi connectivity index (χ3v) is 4.23. The fourth-order valence-corrected chi connectivity index (χ4v) is 2.88. The van der Waals surface area contributed by atoms with Crippen LogP contribution in [0.1, 0.15) is 35.2 Å². The zero-order valence-corrected chi connectivity index (χ0v) is 15.1. The highest BCUT2D eigenvalue weighted by atomic mass is 16.5. The molecule has 8 nitrogen and oxygen atoms in total. The molecule has 146 valence electrons. The number of aromatic hydroxyl groups is 1. The zero-order valence-electron chi connectivity index (χ0n) is 15.1. The lowest BCUT2D eigenvalue weighted by atomic mass is 10.1. The van der Waals surface area contributed by atoms with Crippen LogP contribution >= 0.6 is 0 Å². The Morgan fingerprint density at radius 1 is 1.37 bits per heavy atom. The molecule has 2 rings (SSSR count). The lowest BCUT2D eigenvalue weighted by Crippen LogP contribution is -2.45. The van der Waals surface area contributed by atoms with Gasteiger partial charge in [-0.3, -0.25) is 14.4 Å². The Balaban J connectivity index is 1.85. The van der Waals surface area contributed by atoms with Gasteiger partial charge in [-0.25, -0.2) is 0 Å². The first-order chi connectivity index (χ1) is 13.0. The van der Waals surface area contributed by atoms with E-state index in [-0.39, 0.29) is 31.7 Å². The minimum Gasteiger partial charge on any atom is -0.508 e. The van der Waals surface area contributed by atoms with Gasteiger partial charge in [-0.05, 0) is 18.6 Å². The Bertz CT molecular complexity index is 718. The minimum atomic E-state index is -0.951. The molecule has 0 saturated heterocycles. The number of nitrogens with two attached hydrogens (primary N) is 1. The average molecular weight is 376 g/mol. The number of ether oxygens (including phenoxy) is 2. The fraction of sp³-hybridized carbons (Fsp3) is 0.421. The van der Waals surface area contributed by atoms with Gasteiger partial charge in [0.1, 0.15) is 11.8 Å². The third kappa shape index (κ3) is 5.30. The highest BCUT2D eigenvalue weighted by molar-refractivity contribution is 6.01. The molecule has 1 atom stereocenters. The van der Waals surface area contributed by atoms with Crippen molar-refractivity contribution in [3.63, 3.8) is 0 Å². The molecule has 0 aliphatic carbocycles. The number of primary amides is 1. The van der Waals surface area contributed by atoms with Gasteiger partial charge in [0.15, 0.2) is 0 Å². The number of carbonyl (C=O) groups excluding carboxylic acids is 3. The van der Waals surface area contributed by atoms with Crippen molar-refractivity contribution in [3.8, 4) is 5.75 Å². The van der Waals surface area contributed by atoms with Crippen molar-refractivity contribution in [2.24, 2.45) is 5.73 Å². The van der Waals surface area contributed by atoms with Crippen molar-refractivity contribution >= 4 is 17.8 Å². The van der Waals surface area contributed by atoms with Crippen LogP contribution in [0.3, 0.4) is 0 Å². The summed E-state index contributed by atoms with van der Waals surface area (Å²) in [6.07, 6.45) is 2.19. The Kier molecular flexibility index (Phi) is 7.36. The van der Waals surface area contributed by atoms with E-state index in [2.05, 4.69) is 6.58 Å². The molecule has 27 heavy (non-hydrogen) atoms. The summed E-state index contributed by atoms with van der Waals surface area (Å²) in [4.78, 5) is 37.5. The number of esters is 1. The predicted octanol–water partition coefficient (Wildman–Crippen LogP) is 1.12. The number of nitrogens with zero attached hydrogens (tertiary/aromatic N) is 1. The molecule has 1 heterocycles. The number of phenols is 1. The number of fused-ring (bicyclic) bond motifs is 1. The molecular formula is C19H24N2O6. The summed E-state index contributed by atoms with van der Waals surface area (Å²) < 4.78 is 10.3. The summed E-state index contributed by atoms with van der Waals surface area (Å²) >= 11 is 0. The highest BCUT2D eigenvalue weighted by Crippen LogP contribution is 2.31. The summed E-state index contributed by atoms with van der Waals surface area (Å²) in [5.74, 6) is -1.58. The second kappa shape index (κ2) is 9.72. The molecule has 3 N–H and O–H groups in total. The molecule has 0 saturated carbocycles. The van der Waals surface area contributed by atoms with Crippen molar-refractivity contribution in [3.05, 3.63) is 42.0 Å². The topological polar surface area (TPSA) is 119 Å². The second-order valence-corrected chi connectivity index (χ2v) is 6.13. The highest BCUT2D eigenvalue weighted by Gasteiger charge is 2.36. The van der Waals surface area contributed by atoms with Gasteiger partial charge in [-0.1, -0.05) is 12.1 Å². The van der Waals surface area contributed by atoms with Crippen LogP contribution in [0.4, 0.5) is 0 Å². The lowest BCUT2D eigenvalue weighted by Gasteiger charge is -2.24. The number of hydrogen-bond acceptors (Lipinski definition) is 6. The van der Waals surface area contributed by atoms with Gasteiger partial charge in [0.25, 0.3) is 5.91 Å². The Morgan fingerprint density at radius 3 is 2.81 bits per heavy atom. The zero-order chi connectivity index (χ0) is 19.8. The van der Waals surface area contributed by atoms with Crippen LogP contribution in [0.5, 0.6) is 5.75 Å². The molecule has 0 spiro atoms. The number of benzene rings is 1. The smallest absolute Gasteiger partial charge is 0.305 e. The molecular weight excluding hydrogens is 352 g/mol. The average Bonchev–Trinajstić information content (AvgIpc) is 2.96. The van der Waals surface area contributed by atoms with Crippen LogP contribution in [0.15, 0.2) is 30.9 Å². The fourth-order valence-electron chi connectivity index (χ4n) is 2.88. The molecule has 1 aliphatic rings. The van der Waals surface area contributed by atoms with E-state index in [0.29, 0.717) is 30.8 Å². The summed E-state index contributed by atoms with van der Waals surface area (Å²) in [7, 11) is 0. The van der Waals surface area contributed by atoms with E-state index in [1.54, 1.807) is 18.2 Å². The molecule has 8 heteroatoms. The minimum absolute atomic E-state index is 0.00958. The van der Waals surface area contributed by atoms with Crippen LogP contribution < -0.4 is 5.73 Å². The maximum Gasteiger partial charge on any atom is 0.305 e. The van der Waals surface area contributed by atoms with Gasteiger partial charge in [0, 0.05) is 24.0 Å². The first kappa shape index (κ1) is 20.4. The maximum absolute atomic E-state index is 12.5. The van der Waals surface area contributed by atoms with E-state index in [4.69, 9.17) is 15.2 Å². The Morgan fingerprint density at radius 2 is 2.15 bits per heavy atom. The summed E-state index contributed by atoms with van der Waals surface area (Å²) in [6, 6.07) is 3.67. The van der Waals surface area contributed by atoms with Gasteiger partial charge >= 0.3 is 5.97 Å². The SMILES string of the molecule is C=CCOCCCOC(=O)CCC(C(N)=O)N1Cc2c(O)cccc2C1=O. The van der Waals surface area contributed by atoms with Gasteiger partial charge in [0.05, 0.1) is 26.4 Å². The standard InChI is InChI=1S/C19H24N2O6/c1-2-9-26-10-4-11-27-17(23)8-7-15(18(20)24)21-12-14-13(19(21)25)5-3-6-16(14)22/h2-3,5-6,15,22H,1,4,7-12H2,(H2,20,24). The summed E-state index contributed by atoms with van der Waals surface area (Å²) in [6.45, 7) is 4.70. The molecule has 1 aromatic carbocycles. The van der Waals surface area contributed by atoms with E-state index in [1.807, 2.05) is 0 Å². The van der Waals surface area contributed by atoms with Gasteiger partial charge in [-0.15, -0.1) is 6.58 Å². The second-order valence-electron chi connectivity index (χ2n) is 6.13. The molecule has 0 radical (unpaired) electrons. The van der Waals surface area contributed by atoms with Crippen molar-refractivity contribution in [2.45, 2.75) is 31.8 Å². The third-order valence-electron chi connectivity index (χ3n) is 4.23. The number of amides is 2. The quantitative estimate of drug-likeness (QED) is 0.339. The van der Waals surface area contributed by atoms with Crippen LogP contribution in [0, 0.1) is 0 Å². The molecule has 1 aliphatic heterocycles. The number of carbonyl (C=O) groups is 3. The molecule has 2 amide bonds. The van der Waals surface area contributed by atoms with E-state index >= 15 is 0 Å². The Hall–Kier alpha value is -2.87. The molecule has 1 aromatic rings. The first-order valence-electron chi connectivity index (χ1n) is 8.71. The van der Waals surface area contributed by atoms with E-state index < -0.39 is 23.8 Å². The largest absolute Gasteiger partial charge is 0.508 e. The van der Waals surface area contributed by atoms with Crippen LogP contribution in [-0.4, -0.2) is 53.7 Å². The number of phenolic OH excluding ortho intramolecular Hbond substituents is 1. The predicted molar refractivity (Wildman–Crippen MR) is 96.8 cm³/mol. The molecule has 0 bridgehead atoms. The molecule has 0 fully saturated rings. The van der Waals surface area contributed by atoms with Crippen molar-refractivity contribution in [2.75, 3.05) is 19.8 Å². The summed E-state index contributed by atoms with van der Waals surface area (Å²) in [5, 5.41) is 9.90. The van der Waals surface area contributed by atoms with Crippen LogP contribution in [0.2, 0.25) is 0 Å². The van der Waals surface area contributed by atoms with E-state index in [9.17, 15) is 19.5 Å². The summed E-state index contributed by atoms with van der Waals surface area (Å²) in [5.41, 5.74) is 6.22. The van der Waals surface area contributed by atoms with Crippen molar-refractivity contribution < 1.29 is 29.0 Å². The van der Waals surface area contributed by atoms with Crippen LogP contribution in [0.25, 0.3) is 0 Å². The van der Waals surface area contributed by atoms with Crippen LogP contribution in [-0.2, 0) is 25.6 Å². The maximum atomic E-state index is 12.5. The normalized spacial score (nSPS) is 13.9.